The number of hydrogen-bond acceptors (Lipinski definition) is 4. The van der Waals surface area contributed by atoms with E-state index in [0.29, 0.717) is 12.6 Å². The summed E-state index contributed by atoms with van der Waals surface area (Å²) in [5.41, 5.74) is 3.89. The van der Waals surface area contributed by atoms with Crippen molar-refractivity contribution in [1.82, 2.24) is 20.5 Å². The van der Waals surface area contributed by atoms with Crippen molar-refractivity contribution in [3.05, 3.63) is 11.9 Å². The average molecular weight is 238 g/mol. The van der Waals surface area contributed by atoms with Crippen molar-refractivity contribution >= 4 is 0 Å². The molecule has 1 heterocycles. The minimum atomic E-state index is -0.0163. The highest BCUT2D eigenvalue weighted by molar-refractivity contribution is 4.93. The van der Waals surface area contributed by atoms with Crippen LogP contribution in [0.5, 0.6) is 0 Å². The van der Waals surface area contributed by atoms with Crippen LogP contribution in [0.2, 0.25) is 0 Å². The second-order valence-corrected chi connectivity index (χ2v) is 5.67. The molecule has 1 aromatic rings. The first-order valence-corrected chi connectivity index (χ1v) is 6.36. The fourth-order valence-electron chi connectivity index (χ4n) is 1.95. The monoisotopic (exact) mass is 238 g/mol. The first-order valence-electron chi connectivity index (χ1n) is 6.36. The number of rotatable bonds is 4. The average Bonchev–Trinajstić information content (AvgIpc) is 2.86. The first-order chi connectivity index (χ1) is 8.05. The molecule has 0 radical (unpaired) electrons. The molecule has 0 atom stereocenters. The van der Waals surface area contributed by atoms with Crippen LogP contribution in [0.25, 0.3) is 0 Å². The molecule has 0 spiro atoms. The molecule has 96 valence electrons. The summed E-state index contributed by atoms with van der Waals surface area (Å²) >= 11 is 0. The van der Waals surface area contributed by atoms with Gasteiger partial charge in [0.15, 0.2) is 0 Å². The lowest BCUT2D eigenvalue weighted by atomic mass is 10.1. The SMILES string of the molecule is CC(C)(C)n1cc(CNOC2CCCC2)nn1. The van der Waals surface area contributed by atoms with Crippen molar-refractivity contribution in [3.8, 4) is 0 Å². The zero-order valence-electron chi connectivity index (χ0n) is 10.9. The Bertz CT molecular complexity index is 350. The van der Waals surface area contributed by atoms with Gasteiger partial charge in [0.05, 0.1) is 30.1 Å². The lowest BCUT2D eigenvalue weighted by Crippen LogP contribution is -2.22. The molecule has 1 aromatic heterocycles. The highest BCUT2D eigenvalue weighted by Gasteiger charge is 2.17. The highest BCUT2D eigenvalue weighted by Crippen LogP contribution is 2.20. The predicted octanol–water partition coefficient (Wildman–Crippen LogP) is 2.00. The van der Waals surface area contributed by atoms with Gasteiger partial charge in [0.2, 0.25) is 0 Å². The van der Waals surface area contributed by atoms with Crippen molar-refractivity contribution in [2.45, 2.75) is 64.6 Å². The maximum Gasteiger partial charge on any atom is 0.0988 e. The van der Waals surface area contributed by atoms with Crippen LogP contribution in [-0.2, 0) is 16.9 Å². The standard InChI is InChI=1S/C12H22N4O/c1-12(2,3)16-9-10(14-15-16)8-13-17-11-6-4-5-7-11/h9,11,13H,4-8H2,1-3H3. The van der Waals surface area contributed by atoms with Gasteiger partial charge >= 0.3 is 0 Å². The molecule has 17 heavy (non-hydrogen) atoms. The van der Waals surface area contributed by atoms with E-state index in [1.807, 2.05) is 10.9 Å². The fraction of sp³-hybridized carbons (Fsp3) is 0.833. The Hall–Kier alpha value is -0.940. The van der Waals surface area contributed by atoms with Crippen molar-refractivity contribution < 1.29 is 4.84 Å². The van der Waals surface area contributed by atoms with Crippen LogP contribution in [0.3, 0.4) is 0 Å². The van der Waals surface area contributed by atoms with Crippen LogP contribution in [-0.4, -0.2) is 21.1 Å². The topological polar surface area (TPSA) is 52.0 Å². The molecule has 5 heteroatoms. The first kappa shape index (κ1) is 12.5. The predicted molar refractivity (Wildman–Crippen MR) is 65.2 cm³/mol. The Morgan fingerprint density at radius 3 is 2.71 bits per heavy atom. The number of nitrogens with one attached hydrogen (secondary N) is 1. The molecule has 5 nitrogen and oxygen atoms in total. The Morgan fingerprint density at radius 2 is 2.12 bits per heavy atom. The molecular weight excluding hydrogens is 216 g/mol. The minimum Gasteiger partial charge on any atom is -0.298 e. The van der Waals surface area contributed by atoms with E-state index in [-0.39, 0.29) is 5.54 Å². The van der Waals surface area contributed by atoms with E-state index in [1.165, 1.54) is 25.7 Å². The second-order valence-electron chi connectivity index (χ2n) is 5.67. The maximum absolute atomic E-state index is 5.57. The Kier molecular flexibility index (Phi) is 3.79. The van der Waals surface area contributed by atoms with Gasteiger partial charge in [-0.05, 0) is 33.6 Å². The fourth-order valence-corrected chi connectivity index (χ4v) is 1.95. The molecule has 0 unspecified atom stereocenters. The Labute approximate surface area is 102 Å². The van der Waals surface area contributed by atoms with Crippen LogP contribution < -0.4 is 5.48 Å². The van der Waals surface area contributed by atoms with E-state index in [1.54, 1.807) is 0 Å². The van der Waals surface area contributed by atoms with Gasteiger partial charge in [-0.15, -0.1) is 5.10 Å². The summed E-state index contributed by atoms with van der Waals surface area (Å²) in [6.07, 6.45) is 7.25. The summed E-state index contributed by atoms with van der Waals surface area (Å²) in [6, 6.07) is 0. The third-order valence-electron chi connectivity index (χ3n) is 3.03. The second kappa shape index (κ2) is 5.14. The van der Waals surface area contributed by atoms with E-state index < -0.39 is 0 Å². The van der Waals surface area contributed by atoms with Gasteiger partial charge in [0.1, 0.15) is 0 Å². The summed E-state index contributed by atoms with van der Waals surface area (Å²) in [5, 5.41) is 8.23. The summed E-state index contributed by atoms with van der Waals surface area (Å²) in [7, 11) is 0. The maximum atomic E-state index is 5.57. The smallest absolute Gasteiger partial charge is 0.0988 e. The molecule has 1 aliphatic rings. The van der Waals surface area contributed by atoms with Crippen LogP contribution >= 0.6 is 0 Å². The zero-order chi connectivity index (χ0) is 12.3. The van der Waals surface area contributed by atoms with Crippen LogP contribution in [0.15, 0.2) is 6.20 Å². The lowest BCUT2D eigenvalue weighted by Gasteiger charge is -2.17. The van der Waals surface area contributed by atoms with Crippen LogP contribution in [0.1, 0.15) is 52.1 Å². The van der Waals surface area contributed by atoms with E-state index in [2.05, 4.69) is 36.6 Å². The van der Waals surface area contributed by atoms with Crippen molar-refractivity contribution in [3.63, 3.8) is 0 Å². The van der Waals surface area contributed by atoms with Crippen LogP contribution in [0.4, 0.5) is 0 Å². The number of hydroxylamine groups is 1. The lowest BCUT2D eigenvalue weighted by molar-refractivity contribution is -0.0249. The number of nitrogens with zero attached hydrogens (tertiary/aromatic N) is 3. The molecule has 2 rings (SSSR count). The minimum absolute atomic E-state index is 0.0163. The quantitative estimate of drug-likeness (QED) is 0.815. The van der Waals surface area contributed by atoms with Crippen molar-refractivity contribution in [2.75, 3.05) is 0 Å². The Balaban J connectivity index is 1.77. The number of hydrogen-bond donors (Lipinski definition) is 1. The molecule has 0 amide bonds. The molecule has 1 N–H and O–H groups in total. The molecule has 1 aliphatic carbocycles. The van der Waals surface area contributed by atoms with Gasteiger partial charge in [0.25, 0.3) is 0 Å². The van der Waals surface area contributed by atoms with E-state index in [4.69, 9.17) is 4.84 Å². The molecule has 0 aromatic carbocycles. The van der Waals surface area contributed by atoms with Gasteiger partial charge in [-0.25, -0.2) is 4.68 Å². The van der Waals surface area contributed by atoms with Crippen molar-refractivity contribution in [1.29, 1.82) is 0 Å². The van der Waals surface area contributed by atoms with E-state index in [9.17, 15) is 0 Å². The molecule has 0 aliphatic heterocycles. The van der Waals surface area contributed by atoms with E-state index >= 15 is 0 Å². The largest absolute Gasteiger partial charge is 0.298 e. The Morgan fingerprint density at radius 1 is 1.41 bits per heavy atom. The third kappa shape index (κ3) is 3.51. The molecule has 0 saturated heterocycles. The van der Waals surface area contributed by atoms with Gasteiger partial charge in [-0.3, -0.25) is 4.84 Å². The van der Waals surface area contributed by atoms with E-state index in [0.717, 1.165) is 5.69 Å². The molecule has 0 bridgehead atoms. The third-order valence-corrected chi connectivity index (χ3v) is 3.03. The normalized spacial score (nSPS) is 17.8. The zero-order valence-corrected chi connectivity index (χ0v) is 10.9. The number of aromatic nitrogens is 3. The summed E-state index contributed by atoms with van der Waals surface area (Å²) < 4.78 is 1.87. The van der Waals surface area contributed by atoms with Gasteiger partial charge < -0.3 is 0 Å². The summed E-state index contributed by atoms with van der Waals surface area (Å²) in [4.78, 5) is 5.57. The summed E-state index contributed by atoms with van der Waals surface area (Å²) in [6.45, 7) is 6.93. The van der Waals surface area contributed by atoms with Crippen molar-refractivity contribution in [2.24, 2.45) is 0 Å². The van der Waals surface area contributed by atoms with Crippen LogP contribution in [0, 0.1) is 0 Å². The molecular formula is C12H22N4O. The van der Waals surface area contributed by atoms with Gasteiger partial charge in [-0.1, -0.05) is 18.1 Å². The molecule has 1 saturated carbocycles. The molecule has 1 fully saturated rings. The van der Waals surface area contributed by atoms with Gasteiger partial charge in [-0.2, -0.15) is 5.48 Å². The highest BCUT2D eigenvalue weighted by atomic mass is 16.7. The summed E-state index contributed by atoms with van der Waals surface area (Å²) in [5.74, 6) is 0. The van der Waals surface area contributed by atoms with Gasteiger partial charge in [0, 0.05) is 0 Å².